The van der Waals surface area contributed by atoms with E-state index < -0.39 is 48.5 Å². The van der Waals surface area contributed by atoms with Crippen LogP contribution >= 0.6 is 0 Å². The van der Waals surface area contributed by atoms with Crippen molar-refractivity contribution in [3.8, 4) is 28.6 Å². The summed E-state index contributed by atoms with van der Waals surface area (Å²) in [5, 5.41) is 58.8. The van der Waals surface area contributed by atoms with E-state index in [-0.39, 0.29) is 28.2 Å². The molecule has 2 aromatic carbocycles. The van der Waals surface area contributed by atoms with Gasteiger partial charge in [-0.2, -0.15) is 0 Å². The zero-order valence-electron chi connectivity index (χ0n) is 16.0. The lowest BCUT2D eigenvalue weighted by molar-refractivity contribution is -0.277. The van der Waals surface area contributed by atoms with Crippen LogP contribution in [-0.2, 0) is 4.74 Å². The zero-order valence-corrected chi connectivity index (χ0v) is 16.0. The van der Waals surface area contributed by atoms with E-state index in [0.29, 0.717) is 5.56 Å². The Morgan fingerprint density at radius 3 is 2.32 bits per heavy atom. The maximum absolute atomic E-state index is 12.5. The van der Waals surface area contributed by atoms with Gasteiger partial charge in [-0.3, -0.25) is 4.79 Å². The standard InChI is InChI=1S/C21H20O10/c22-8-16-18(26)19(27)20(28)21(31-16)29-11-5-12(24)17-13(25)7-14(30-15(17)6-11)9-1-3-10(23)4-2-9/h1-7,16,18-24,26-28H,8H2/t16-,18+,19+,20-,21+/m1/s1. The number of rotatable bonds is 4. The monoisotopic (exact) mass is 432 g/mol. The Bertz CT molecular complexity index is 1140. The molecule has 1 aliphatic heterocycles. The number of phenolic OH excluding ortho intramolecular Hbond substituents is 2. The maximum Gasteiger partial charge on any atom is 0.229 e. The SMILES string of the molecule is O=c1cc(-c2ccc(O)cc2)oc2cc(O[C@H]3O[C@H](CO)[C@H](O)[C@H](O)[C@H]3O)cc(O)c12. The molecule has 1 fully saturated rings. The lowest BCUT2D eigenvalue weighted by Crippen LogP contribution is -2.60. The summed E-state index contributed by atoms with van der Waals surface area (Å²) >= 11 is 0. The molecule has 1 aliphatic rings. The summed E-state index contributed by atoms with van der Waals surface area (Å²) in [7, 11) is 0. The van der Waals surface area contributed by atoms with Gasteiger partial charge in [-0.05, 0) is 24.3 Å². The summed E-state index contributed by atoms with van der Waals surface area (Å²) in [6, 6.07) is 9.56. The maximum atomic E-state index is 12.5. The predicted molar refractivity (Wildman–Crippen MR) is 106 cm³/mol. The molecule has 31 heavy (non-hydrogen) atoms. The summed E-state index contributed by atoms with van der Waals surface area (Å²) < 4.78 is 16.5. The quantitative estimate of drug-likeness (QED) is 0.331. The van der Waals surface area contributed by atoms with E-state index in [1.54, 1.807) is 12.1 Å². The highest BCUT2D eigenvalue weighted by Gasteiger charge is 2.44. The van der Waals surface area contributed by atoms with Gasteiger partial charge >= 0.3 is 0 Å². The summed E-state index contributed by atoms with van der Waals surface area (Å²) in [6.07, 6.45) is -7.47. The van der Waals surface area contributed by atoms with Crippen molar-refractivity contribution in [2.24, 2.45) is 0 Å². The predicted octanol–water partition coefficient (Wildman–Crippen LogP) is 0.0499. The van der Waals surface area contributed by atoms with Crippen molar-refractivity contribution in [2.45, 2.75) is 30.7 Å². The first-order valence-electron chi connectivity index (χ1n) is 9.36. The first-order valence-corrected chi connectivity index (χ1v) is 9.36. The minimum Gasteiger partial charge on any atom is -0.508 e. The average molecular weight is 432 g/mol. The number of fused-ring (bicyclic) bond motifs is 1. The second kappa shape index (κ2) is 8.17. The molecule has 10 nitrogen and oxygen atoms in total. The van der Waals surface area contributed by atoms with Crippen molar-refractivity contribution in [3.05, 3.63) is 52.7 Å². The molecule has 10 heteroatoms. The Kier molecular flexibility index (Phi) is 5.56. The van der Waals surface area contributed by atoms with Crippen LogP contribution in [0.25, 0.3) is 22.3 Å². The van der Waals surface area contributed by atoms with Crippen molar-refractivity contribution in [3.63, 3.8) is 0 Å². The Balaban J connectivity index is 1.71. The molecule has 5 atom stereocenters. The number of aliphatic hydroxyl groups is 4. The van der Waals surface area contributed by atoms with Gasteiger partial charge in [0.2, 0.25) is 6.29 Å². The number of aliphatic hydroxyl groups excluding tert-OH is 4. The van der Waals surface area contributed by atoms with Crippen LogP contribution < -0.4 is 10.2 Å². The van der Waals surface area contributed by atoms with Crippen molar-refractivity contribution >= 4 is 11.0 Å². The molecule has 2 heterocycles. The summed E-state index contributed by atoms with van der Waals surface area (Å²) in [4.78, 5) is 12.5. The molecule has 0 bridgehead atoms. The molecule has 0 radical (unpaired) electrons. The van der Waals surface area contributed by atoms with Gasteiger partial charge in [0.25, 0.3) is 0 Å². The highest BCUT2D eigenvalue weighted by molar-refractivity contribution is 5.86. The van der Waals surface area contributed by atoms with Gasteiger partial charge in [0.05, 0.1) is 6.61 Å². The zero-order chi connectivity index (χ0) is 22.3. The van der Waals surface area contributed by atoms with E-state index in [0.717, 1.165) is 6.07 Å². The molecule has 4 rings (SSSR count). The first-order chi connectivity index (χ1) is 14.8. The van der Waals surface area contributed by atoms with Crippen molar-refractivity contribution < 1.29 is 44.5 Å². The molecule has 0 aliphatic carbocycles. The van der Waals surface area contributed by atoms with Crippen LogP contribution in [0.15, 0.2) is 51.7 Å². The number of phenols is 2. The topological polar surface area (TPSA) is 170 Å². The van der Waals surface area contributed by atoms with Crippen LogP contribution in [-0.4, -0.2) is 68.0 Å². The number of ether oxygens (including phenoxy) is 2. The van der Waals surface area contributed by atoms with Gasteiger partial charge in [-0.15, -0.1) is 0 Å². The number of aromatic hydroxyl groups is 2. The summed E-state index contributed by atoms with van der Waals surface area (Å²) in [6.45, 7) is -0.626. The molecule has 0 saturated carbocycles. The van der Waals surface area contributed by atoms with Crippen LogP contribution in [0.2, 0.25) is 0 Å². The second-order valence-corrected chi connectivity index (χ2v) is 7.15. The highest BCUT2D eigenvalue weighted by atomic mass is 16.7. The Labute approximate surface area is 174 Å². The lowest BCUT2D eigenvalue weighted by atomic mass is 9.99. The molecule has 0 spiro atoms. The molecule has 1 aromatic heterocycles. The highest BCUT2D eigenvalue weighted by Crippen LogP contribution is 2.33. The number of hydrogen-bond donors (Lipinski definition) is 6. The van der Waals surface area contributed by atoms with E-state index in [4.69, 9.17) is 13.9 Å². The smallest absolute Gasteiger partial charge is 0.229 e. The van der Waals surface area contributed by atoms with Gasteiger partial charge in [0, 0.05) is 23.8 Å². The van der Waals surface area contributed by atoms with Crippen LogP contribution in [0.1, 0.15) is 0 Å². The van der Waals surface area contributed by atoms with Gasteiger partial charge in [-0.1, -0.05) is 0 Å². The lowest BCUT2D eigenvalue weighted by Gasteiger charge is -2.39. The van der Waals surface area contributed by atoms with Crippen molar-refractivity contribution in [1.82, 2.24) is 0 Å². The Morgan fingerprint density at radius 2 is 1.65 bits per heavy atom. The normalized spacial score (nSPS) is 26.1. The fraction of sp³-hybridized carbons (Fsp3) is 0.286. The first kappa shape index (κ1) is 21.1. The minimum atomic E-state index is -1.65. The largest absolute Gasteiger partial charge is 0.508 e. The summed E-state index contributed by atoms with van der Waals surface area (Å²) in [5.74, 6) is -0.273. The van der Waals surface area contributed by atoms with E-state index in [9.17, 15) is 35.4 Å². The van der Waals surface area contributed by atoms with E-state index in [2.05, 4.69) is 0 Å². The summed E-state index contributed by atoms with van der Waals surface area (Å²) in [5.41, 5.74) is -0.0204. The minimum absolute atomic E-state index is 0.0184. The van der Waals surface area contributed by atoms with Gasteiger partial charge in [0.1, 0.15) is 58.4 Å². The van der Waals surface area contributed by atoms with Crippen LogP contribution in [0.4, 0.5) is 0 Å². The molecule has 6 N–H and O–H groups in total. The van der Waals surface area contributed by atoms with Gasteiger partial charge < -0.3 is 44.5 Å². The number of benzene rings is 2. The molecular formula is C21H20O10. The third kappa shape index (κ3) is 3.94. The Morgan fingerprint density at radius 1 is 0.935 bits per heavy atom. The fourth-order valence-corrected chi connectivity index (χ4v) is 3.38. The molecule has 0 unspecified atom stereocenters. The average Bonchev–Trinajstić information content (AvgIpc) is 2.74. The van der Waals surface area contributed by atoms with E-state index in [1.807, 2.05) is 0 Å². The molecule has 0 amide bonds. The Hall–Kier alpha value is -3.15. The van der Waals surface area contributed by atoms with Gasteiger partial charge in [-0.25, -0.2) is 0 Å². The number of hydrogen-bond acceptors (Lipinski definition) is 10. The van der Waals surface area contributed by atoms with Crippen molar-refractivity contribution in [1.29, 1.82) is 0 Å². The third-order valence-corrected chi connectivity index (χ3v) is 5.04. The van der Waals surface area contributed by atoms with E-state index >= 15 is 0 Å². The van der Waals surface area contributed by atoms with Crippen LogP contribution in [0, 0.1) is 0 Å². The van der Waals surface area contributed by atoms with Crippen LogP contribution in [0.5, 0.6) is 17.2 Å². The molecule has 1 saturated heterocycles. The third-order valence-electron chi connectivity index (χ3n) is 5.04. The van der Waals surface area contributed by atoms with Gasteiger partial charge in [0.15, 0.2) is 5.43 Å². The van der Waals surface area contributed by atoms with Crippen LogP contribution in [0.3, 0.4) is 0 Å². The fourth-order valence-electron chi connectivity index (χ4n) is 3.38. The molecule has 3 aromatic rings. The molecular weight excluding hydrogens is 412 g/mol. The van der Waals surface area contributed by atoms with E-state index in [1.165, 1.54) is 24.3 Å². The van der Waals surface area contributed by atoms with Crippen molar-refractivity contribution in [2.75, 3.05) is 6.61 Å². The molecule has 164 valence electrons. The second-order valence-electron chi connectivity index (χ2n) is 7.15.